The minimum absolute atomic E-state index is 0.00534. The van der Waals surface area contributed by atoms with E-state index < -0.39 is 5.60 Å². The first-order chi connectivity index (χ1) is 11.3. The molecule has 0 radical (unpaired) electrons. The summed E-state index contributed by atoms with van der Waals surface area (Å²) in [6.07, 6.45) is 3.22. The van der Waals surface area contributed by atoms with Gasteiger partial charge >= 0.3 is 12.1 Å². The van der Waals surface area contributed by atoms with Gasteiger partial charge in [-0.3, -0.25) is 9.88 Å². The van der Waals surface area contributed by atoms with Crippen LogP contribution in [0.5, 0.6) is 0 Å². The largest absolute Gasteiger partial charge is 0.444 e. The number of hydrogen-bond donors (Lipinski definition) is 0. The summed E-state index contributed by atoms with van der Waals surface area (Å²) in [4.78, 5) is 33.7. The van der Waals surface area contributed by atoms with Gasteiger partial charge in [-0.2, -0.15) is 0 Å². The van der Waals surface area contributed by atoms with E-state index in [0.717, 1.165) is 17.8 Å². The van der Waals surface area contributed by atoms with Crippen molar-refractivity contribution in [2.45, 2.75) is 32.3 Å². The van der Waals surface area contributed by atoms with Crippen LogP contribution in [-0.4, -0.2) is 65.7 Å². The molecule has 0 bridgehead atoms. The van der Waals surface area contributed by atoms with Gasteiger partial charge in [0.25, 0.3) is 0 Å². The molecule has 0 aromatic carbocycles. The lowest BCUT2D eigenvalue weighted by molar-refractivity contribution is 0.00819. The fourth-order valence-corrected chi connectivity index (χ4v) is 2.98. The van der Waals surface area contributed by atoms with E-state index in [1.807, 2.05) is 26.8 Å². The summed E-state index contributed by atoms with van der Waals surface area (Å²) in [7, 11) is 1.80. The number of likely N-dealkylation sites (N-methyl/N-ethyl adjacent to an activating group) is 1. The standard InChI is InChI=1S/C17H24N4O3/c1-17(2,3)24-16(23)20-10-12(11-20)13-9-18-6-5-14(13)21-8-7-19(4)15(21)22/h5-6,9,12H,7-8,10-11H2,1-4H3. The van der Waals surface area contributed by atoms with E-state index in [-0.39, 0.29) is 18.0 Å². The van der Waals surface area contributed by atoms with Crippen molar-refractivity contribution >= 4 is 17.8 Å². The van der Waals surface area contributed by atoms with Crippen LogP contribution in [0, 0.1) is 0 Å². The van der Waals surface area contributed by atoms with E-state index in [0.29, 0.717) is 19.6 Å². The van der Waals surface area contributed by atoms with E-state index in [1.54, 1.807) is 34.1 Å². The van der Waals surface area contributed by atoms with E-state index in [1.165, 1.54) is 0 Å². The first-order valence-corrected chi connectivity index (χ1v) is 8.21. The molecule has 1 aromatic rings. The Hall–Kier alpha value is -2.31. The van der Waals surface area contributed by atoms with E-state index in [2.05, 4.69) is 4.98 Å². The number of carbonyl (C=O) groups excluding carboxylic acids is 2. The van der Waals surface area contributed by atoms with Gasteiger partial charge in [-0.05, 0) is 26.8 Å². The highest BCUT2D eigenvalue weighted by Gasteiger charge is 2.38. The number of rotatable bonds is 2. The van der Waals surface area contributed by atoms with Gasteiger partial charge in [0.1, 0.15) is 5.60 Å². The van der Waals surface area contributed by atoms with Crippen molar-refractivity contribution in [2.75, 3.05) is 38.1 Å². The number of aromatic nitrogens is 1. The summed E-state index contributed by atoms with van der Waals surface area (Å²) < 4.78 is 5.39. The molecule has 2 fully saturated rings. The van der Waals surface area contributed by atoms with Crippen LogP contribution in [0.2, 0.25) is 0 Å². The number of likely N-dealkylation sites (tertiary alicyclic amines) is 1. The molecule has 3 heterocycles. The molecule has 130 valence electrons. The number of anilines is 1. The summed E-state index contributed by atoms with van der Waals surface area (Å²) in [6.45, 7) is 8.14. The molecule has 3 amide bonds. The average molecular weight is 332 g/mol. The van der Waals surface area contributed by atoms with Crippen molar-refractivity contribution in [3.63, 3.8) is 0 Å². The summed E-state index contributed by atoms with van der Waals surface area (Å²) in [5, 5.41) is 0. The van der Waals surface area contributed by atoms with Crippen molar-refractivity contribution in [3.8, 4) is 0 Å². The van der Waals surface area contributed by atoms with E-state index >= 15 is 0 Å². The van der Waals surface area contributed by atoms with Crippen LogP contribution in [0.4, 0.5) is 15.3 Å². The topological polar surface area (TPSA) is 66.0 Å². The van der Waals surface area contributed by atoms with Crippen molar-refractivity contribution in [3.05, 3.63) is 24.0 Å². The predicted molar refractivity (Wildman–Crippen MR) is 90.2 cm³/mol. The SMILES string of the molecule is CN1CCN(c2ccncc2C2CN(C(=O)OC(C)(C)C)C2)C1=O. The summed E-state index contributed by atoms with van der Waals surface area (Å²) in [5.41, 5.74) is 1.42. The Kier molecular flexibility index (Phi) is 4.11. The van der Waals surface area contributed by atoms with Crippen LogP contribution in [0.25, 0.3) is 0 Å². The molecule has 0 spiro atoms. The van der Waals surface area contributed by atoms with E-state index in [9.17, 15) is 9.59 Å². The average Bonchev–Trinajstić information content (AvgIpc) is 2.76. The van der Waals surface area contributed by atoms with Crippen molar-refractivity contribution in [1.29, 1.82) is 0 Å². The molecule has 0 unspecified atom stereocenters. The highest BCUT2D eigenvalue weighted by molar-refractivity contribution is 5.94. The van der Waals surface area contributed by atoms with Crippen molar-refractivity contribution in [2.24, 2.45) is 0 Å². The molecule has 0 atom stereocenters. The second-order valence-corrected chi connectivity index (χ2v) is 7.37. The monoisotopic (exact) mass is 332 g/mol. The van der Waals surface area contributed by atoms with Crippen LogP contribution in [0.3, 0.4) is 0 Å². The molecule has 0 saturated carbocycles. The number of urea groups is 1. The Balaban J connectivity index is 1.70. The fraction of sp³-hybridized carbons (Fsp3) is 0.588. The number of amides is 3. The number of hydrogen-bond acceptors (Lipinski definition) is 4. The third-order valence-corrected chi connectivity index (χ3v) is 4.31. The number of ether oxygens (including phenoxy) is 1. The first-order valence-electron chi connectivity index (χ1n) is 8.21. The molecule has 1 aromatic heterocycles. The van der Waals surface area contributed by atoms with Crippen LogP contribution in [0.15, 0.2) is 18.5 Å². The van der Waals surface area contributed by atoms with Gasteiger partial charge < -0.3 is 14.5 Å². The van der Waals surface area contributed by atoms with Crippen LogP contribution in [0.1, 0.15) is 32.3 Å². The molecule has 3 rings (SSSR count). The maximum Gasteiger partial charge on any atom is 0.410 e. The smallest absolute Gasteiger partial charge is 0.410 e. The minimum Gasteiger partial charge on any atom is -0.444 e. The lowest BCUT2D eigenvalue weighted by atomic mass is 9.91. The number of pyridine rings is 1. The Labute approximate surface area is 142 Å². The van der Waals surface area contributed by atoms with Gasteiger partial charge in [-0.15, -0.1) is 0 Å². The second kappa shape index (κ2) is 5.96. The first kappa shape index (κ1) is 16.5. The molecule has 0 aliphatic carbocycles. The lowest BCUT2D eigenvalue weighted by Crippen LogP contribution is -2.50. The third-order valence-electron chi connectivity index (χ3n) is 4.31. The molecule has 24 heavy (non-hydrogen) atoms. The molecule has 7 heteroatoms. The van der Waals surface area contributed by atoms with Crippen molar-refractivity contribution in [1.82, 2.24) is 14.8 Å². The zero-order chi connectivity index (χ0) is 17.5. The summed E-state index contributed by atoms with van der Waals surface area (Å²) in [5.74, 6) is 0.180. The van der Waals surface area contributed by atoms with E-state index in [4.69, 9.17) is 4.74 Å². The minimum atomic E-state index is -0.492. The van der Waals surface area contributed by atoms with Crippen LogP contribution < -0.4 is 4.90 Å². The number of carbonyl (C=O) groups is 2. The molecule has 7 nitrogen and oxygen atoms in total. The van der Waals surface area contributed by atoms with Crippen LogP contribution >= 0.6 is 0 Å². The van der Waals surface area contributed by atoms with Gasteiger partial charge in [-0.25, -0.2) is 9.59 Å². The summed E-state index contributed by atoms with van der Waals surface area (Å²) >= 11 is 0. The van der Waals surface area contributed by atoms with Crippen molar-refractivity contribution < 1.29 is 14.3 Å². The molecule has 2 saturated heterocycles. The molecular weight excluding hydrogens is 308 g/mol. The third kappa shape index (κ3) is 3.16. The quantitative estimate of drug-likeness (QED) is 0.833. The number of nitrogens with zero attached hydrogens (tertiary/aromatic N) is 4. The lowest BCUT2D eigenvalue weighted by Gasteiger charge is -2.40. The Bertz CT molecular complexity index is 649. The predicted octanol–water partition coefficient (Wildman–Crippen LogP) is 2.29. The zero-order valence-corrected chi connectivity index (χ0v) is 14.7. The maximum absolute atomic E-state index is 12.3. The van der Waals surface area contributed by atoms with Gasteiger partial charge in [0, 0.05) is 57.1 Å². The highest BCUT2D eigenvalue weighted by atomic mass is 16.6. The van der Waals surface area contributed by atoms with Gasteiger partial charge in [0.2, 0.25) is 0 Å². The zero-order valence-electron chi connectivity index (χ0n) is 14.7. The fourth-order valence-electron chi connectivity index (χ4n) is 2.98. The molecule has 0 N–H and O–H groups in total. The van der Waals surface area contributed by atoms with Crippen LogP contribution in [-0.2, 0) is 4.74 Å². The Morgan fingerprint density at radius 3 is 2.58 bits per heavy atom. The maximum atomic E-state index is 12.3. The normalized spacial score (nSPS) is 18.8. The molecule has 2 aliphatic rings. The molecular formula is C17H24N4O3. The Morgan fingerprint density at radius 1 is 1.29 bits per heavy atom. The Morgan fingerprint density at radius 2 is 2.00 bits per heavy atom. The second-order valence-electron chi connectivity index (χ2n) is 7.37. The van der Waals surface area contributed by atoms with Gasteiger partial charge in [-0.1, -0.05) is 0 Å². The van der Waals surface area contributed by atoms with Gasteiger partial charge in [0.15, 0.2) is 0 Å². The highest BCUT2D eigenvalue weighted by Crippen LogP contribution is 2.35. The molecule has 2 aliphatic heterocycles. The van der Waals surface area contributed by atoms with Gasteiger partial charge in [0.05, 0.1) is 5.69 Å². The summed E-state index contributed by atoms with van der Waals surface area (Å²) in [6, 6.07) is 1.88.